The first-order valence-electron chi connectivity index (χ1n) is 5.74. The van der Waals surface area contributed by atoms with Crippen molar-refractivity contribution in [2.45, 2.75) is 46.2 Å². The Kier molecular flexibility index (Phi) is 10.9. The Labute approximate surface area is 88.7 Å². The van der Waals surface area contributed by atoms with E-state index in [1.807, 2.05) is 34.7 Å². The van der Waals surface area contributed by atoms with E-state index >= 15 is 0 Å². The zero-order valence-corrected chi connectivity index (χ0v) is 10.4. The number of likely N-dealkylation sites (tertiary alicyclic amines) is 1. The molecule has 0 saturated carbocycles. The van der Waals surface area contributed by atoms with Crippen LogP contribution in [0.5, 0.6) is 0 Å². The minimum atomic E-state index is -1.06. The van der Waals surface area contributed by atoms with Crippen LogP contribution in [-0.4, -0.2) is 37.3 Å². The largest absolute Gasteiger partial charge is 0.328 e. The van der Waals surface area contributed by atoms with Crippen LogP contribution in [0, 0.1) is 0 Å². The number of nitrogens with zero attached hydrogens (tertiary/aromatic N) is 1. The molecule has 1 fully saturated rings. The van der Waals surface area contributed by atoms with Gasteiger partial charge >= 0.3 is 0 Å². The van der Waals surface area contributed by atoms with Gasteiger partial charge in [-0.1, -0.05) is 27.7 Å². The molecule has 0 aromatic heterocycles. The van der Waals surface area contributed by atoms with E-state index in [9.17, 15) is 4.39 Å². The summed E-state index contributed by atoms with van der Waals surface area (Å²) in [5.41, 5.74) is 4.23. The molecule has 88 valence electrons. The lowest BCUT2D eigenvalue weighted by atomic mass is 9.94. The fraction of sp³-hybridized carbons (Fsp3) is 1.00. The summed E-state index contributed by atoms with van der Waals surface area (Å²) in [6, 6.07) is 0. The van der Waals surface area contributed by atoms with Gasteiger partial charge < -0.3 is 10.6 Å². The summed E-state index contributed by atoms with van der Waals surface area (Å²) in [5.74, 6) is 0. The molecule has 1 heterocycles. The van der Waals surface area contributed by atoms with Crippen LogP contribution < -0.4 is 5.73 Å². The number of halogens is 1. The van der Waals surface area contributed by atoms with Crippen LogP contribution in [0.25, 0.3) is 0 Å². The Bertz CT molecular complexity index is 110. The van der Waals surface area contributed by atoms with Gasteiger partial charge in [-0.25, -0.2) is 4.39 Å². The van der Waals surface area contributed by atoms with Gasteiger partial charge in [0.15, 0.2) is 0 Å². The number of alkyl halides is 1. The number of nitrogens with two attached hydrogens (primary N) is 1. The highest BCUT2D eigenvalue weighted by Crippen LogP contribution is 2.23. The van der Waals surface area contributed by atoms with Crippen molar-refractivity contribution in [1.82, 2.24) is 4.90 Å². The monoisotopic (exact) mass is 206 g/mol. The smallest absolute Gasteiger partial charge is 0.125 e. The summed E-state index contributed by atoms with van der Waals surface area (Å²) in [6.07, 6.45) is 1.19. The van der Waals surface area contributed by atoms with E-state index in [0.29, 0.717) is 12.8 Å². The highest BCUT2D eigenvalue weighted by molar-refractivity contribution is 4.85. The van der Waals surface area contributed by atoms with Gasteiger partial charge in [-0.15, -0.1) is 0 Å². The number of hydrogen-bond acceptors (Lipinski definition) is 2. The summed E-state index contributed by atoms with van der Waals surface area (Å²) in [4.78, 5) is 2.13. The summed E-state index contributed by atoms with van der Waals surface area (Å²) in [7, 11) is 2.01. The maximum atomic E-state index is 13.3. The predicted octanol–water partition coefficient (Wildman–Crippen LogP) is 2.43. The molecule has 0 radical (unpaired) electrons. The van der Waals surface area contributed by atoms with Gasteiger partial charge in [0.1, 0.15) is 5.67 Å². The molecule has 1 aliphatic heterocycles. The first-order chi connectivity index (χ1) is 6.66. The fourth-order valence-electron chi connectivity index (χ4n) is 1.22. The van der Waals surface area contributed by atoms with E-state index in [-0.39, 0.29) is 6.54 Å². The molecule has 0 unspecified atom stereocenters. The molecule has 0 atom stereocenters. The molecule has 1 aliphatic rings. The van der Waals surface area contributed by atoms with Crippen LogP contribution in [0.15, 0.2) is 0 Å². The van der Waals surface area contributed by atoms with Crippen LogP contribution in [0.1, 0.15) is 40.5 Å². The van der Waals surface area contributed by atoms with Crippen LogP contribution in [-0.2, 0) is 0 Å². The fourth-order valence-corrected chi connectivity index (χ4v) is 1.22. The lowest BCUT2D eigenvalue weighted by Gasteiger charge is -2.33. The van der Waals surface area contributed by atoms with Crippen molar-refractivity contribution in [3.05, 3.63) is 0 Å². The lowest BCUT2D eigenvalue weighted by molar-refractivity contribution is 0.0773. The predicted molar refractivity (Wildman–Crippen MR) is 62.3 cm³/mol. The van der Waals surface area contributed by atoms with E-state index < -0.39 is 5.67 Å². The minimum absolute atomic E-state index is 0.181. The first kappa shape index (κ1) is 16.3. The van der Waals surface area contributed by atoms with E-state index in [1.165, 1.54) is 0 Å². The van der Waals surface area contributed by atoms with E-state index in [2.05, 4.69) is 4.90 Å². The van der Waals surface area contributed by atoms with E-state index in [0.717, 1.165) is 13.1 Å². The second-order valence-electron chi connectivity index (χ2n) is 3.16. The van der Waals surface area contributed by atoms with Gasteiger partial charge in [0.05, 0.1) is 0 Å². The van der Waals surface area contributed by atoms with E-state index in [4.69, 9.17) is 5.73 Å². The summed E-state index contributed by atoms with van der Waals surface area (Å²) < 4.78 is 13.3. The maximum absolute atomic E-state index is 13.3. The van der Waals surface area contributed by atoms with Gasteiger partial charge in [0.25, 0.3) is 0 Å². The quantitative estimate of drug-likeness (QED) is 0.714. The van der Waals surface area contributed by atoms with Gasteiger partial charge in [0.2, 0.25) is 0 Å². The molecule has 0 amide bonds. The van der Waals surface area contributed by atoms with Crippen molar-refractivity contribution in [2.75, 3.05) is 26.7 Å². The van der Waals surface area contributed by atoms with Gasteiger partial charge in [-0.3, -0.25) is 0 Å². The average molecular weight is 206 g/mol. The molecule has 0 aromatic rings. The summed E-state index contributed by atoms with van der Waals surface area (Å²) >= 11 is 0. The molecule has 3 heteroatoms. The van der Waals surface area contributed by atoms with E-state index in [1.54, 1.807) is 0 Å². The second-order valence-corrected chi connectivity index (χ2v) is 3.16. The first-order valence-corrected chi connectivity index (χ1v) is 5.74. The molecule has 14 heavy (non-hydrogen) atoms. The molecule has 2 N–H and O–H groups in total. The van der Waals surface area contributed by atoms with Crippen LogP contribution in [0.3, 0.4) is 0 Å². The third-order valence-corrected chi connectivity index (χ3v) is 2.25. The Balaban J connectivity index is 0. The molecule has 0 spiro atoms. The Hall–Kier alpha value is -0.150. The number of rotatable bonds is 1. The lowest BCUT2D eigenvalue weighted by Crippen LogP contribution is -2.44. The van der Waals surface area contributed by atoms with Gasteiger partial charge in [-0.05, 0) is 19.9 Å². The molecule has 0 aliphatic carbocycles. The Morgan fingerprint density at radius 1 is 1.14 bits per heavy atom. The van der Waals surface area contributed by atoms with Crippen LogP contribution in [0.2, 0.25) is 0 Å². The standard InChI is InChI=1S/C7H15FN2.2C2H6/c1-10-4-2-7(8,6-9)3-5-10;2*1-2/h2-6,9H2,1H3;2*1-2H3. The molecule has 1 saturated heterocycles. The number of piperidine rings is 1. The normalized spacial score (nSPS) is 19.9. The third kappa shape index (κ3) is 6.33. The molecule has 1 rings (SSSR count). The zero-order valence-electron chi connectivity index (χ0n) is 10.4. The second kappa shape index (κ2) is 9.41. The van der Waals surface area contributed by atoms with Crippen molar-refractivity contribution in [2.24, 2.45) is 5.73 Å². The van der Waals surface area contributed by atoms with Crippen molar-refractivity contribution >= 4 is 0 Å². The van der Waals surface area contributed by atoms with Crippen molar-refractivity contribution in [3.8, 4) is 0 Å². The van der Waals surface area contributed by atoms with Crippen LogP contribution >= 0.6 is 0 Å². The third-order valence-electron chi connectivity index (χ3n) is 2.25. The molecular formula is C11H27FN2. The Morgan fingerprint density at radius 3 is 1.79 bits per heavy atom. The summed E-state index contributed by atoms with van der Waals surface area (Å²) in [6.45, 7) is 9.86. The SMILES string of the molecule is CC.CC.CN1CCC(F)(CN)CC1. The molecular weight excluding hydrogens is 179 g/mol. The van der Waals surface area contributed by atoms with Gasteiger partial charge in [-0.2, -0.15) is 0 Å². The summed E-state index contributed by atoms with van der Waals surface area (Å²) in [5, 5.41) is 0. The van der Waals surface area contributed by atoms with Crippen molar-refractivity contribution in [1.29, 1.82) is 0 Å². The topological polar surface area (TPSA) is 29.3 Å². The minimum Gasteiger partial charge on any atom is -0.328 e. The molecule has 2 nitrogen and oxygen atoms in total. The van der Waals surface area contributed by atoms with Crippen molar-refractivity contribution < 1.29 is 4.39 Å². The van der Waals surface area contributed by atoms with Crippen LogP contribution in [0.4, 0.5) is 4.39 Å². The average Bonchev–Trinajstić information content (AvgIpc) is 2.28. The van der Waals surface area contributed by atoms with Crippen molar-refractivity contribution in [3.63, 3.8) is 0 Å². The zero-order chi connectivity index (χ0) is 11.6. The Morgan fingerprint density at radius 2 is 1.50 bits per heavy atom. The molecule has 0 aromatic carbocycles. The van der Waals surface area contributed by atoms with Gasteiger partial charge in [0, 0.05) is 19.6 Å². The molecule has 0 bridgehead atoms. The highest BCUT2D eigenvalue weighted by atomic mass is 19.1. The highest BCUT2D eigenvalue weighted by Gasteiger charge is 2.31. The maximum Gasteiger partial charge on any atom is 0.125 e. The number of hydrogen-bond donors (Lipinski definition) is 1.